The molecule has 1 rings (SSSR count). The molecule has 0 heterocycles. The smallest absolute Gasteiger partial charge is 0.478 e. The molecule has 0 aromatic heterocycles. The first-order valence-electron chi connectivity index (χ1n) is 3.90. The van der Waals surface area contributed by atoms with E-state index in [0.717, 1.165) is 6.07 Å². The van der Waals surface area contributed by atoms with Gasteiger partial charge < -0.3 is 9.84 Å². The molecular weight excluding hydrogens is 213 g/mol. The summed E-state index contributed by atoms with van der Waals surface area (Å²) in [5.41, 5.74) is -0.389. The third kappa shape index (κ3) is 2.87. The van der Waals surface area contributed by atoms with E-state index in [2.05, 4.69) is 4.74 Å². The zero-order valence-electron chi connectivity index (χ0n) is 7.63. The number of carboxylic acids is 1. The quantitative estimate of drug-likeness (QED) is 0.833. The van der Waals surface area contributed by atoms with Gasteiger partial charge in [0.25, 0.3) is 0 Å². The lowest BCUT2D eigenvalue weighted by Crippen LogP contribution is -2.19. The third-order valence-corrected chi connectivity index (χ3v) is 1.66. The highest BCUT2D eigenvalue weighted by Crippen LogP contribution is 2.29. The second kappa shape index (κ2) is 3.80. The number of alkyl halides is 3. The molecular formula is C9H7F3O3. The van der Waals surface area contributed by atoms with Crippen molar-refractivity contribution in [1.29, 1.82) is 0 Å². The molecule has 3 nitrogen and oxygen atoms in total. The van der Waals surface area contributed by atoms with E-state index in [1.807, 2.05) is 0 Å². The lowest BCUT2D eigenvalue weighted by atomic mass is 10.1. The third-order valence-electron chi connectivity index (χ3n) is 1.66. The molecule has 1 aromatic rings. The Morgan fingerprint density at radius 2 is 2.00 bits per heavy atom. The Morgan fingerprint density at radius 1 is 1.40 bits per heavy atom. The van der Waals surface area contributed by atoms with Gasteiger partial charge in [-0.05, 0) is 18.6 Å². The lowest BCUT2D eigenvalue weighted by molar-refractivity contribution is -0.274. The minimum atomic E-state index is -4.89. The second-order valence-electron chi connectivity index (χ2n) is 2.80. The summed E-state index contributed by atoms with van der Waals surface area (Å²) in [5.74, 6) is -2.13. The van der Waals surface area contributed by atoms with Gasteiger partial charge in [0.05, 0.1) is 0 Å². The van der Waals surface area contributed by atoms with E-state index in [4.69, 9.17) is 5.11 Å². The molecule has 0 spiro atoms. The molecule has 0 unspecified atom stereocenters. The molecule has 0 bridgehead atoms. The van der Waals surface area contributed by atoms with Gasteiger partial charge >= 0.3 is 12.3 Å². The number of hydrogen-bond donors (Lipinski definition) is 1. The van der Waals surface area contributed by atoms with E-state index in [-0.39, 0.29) is 5.56 Å². The maximum absolute atomic E-state index is 11.9. The van der Waals surface area contributed by atoms with Crippen LogP contribution in [0.25, 0.3) is 0 Å². The minimum absolute atomic E-state index is 0.118. The molecule has 82 valence electrons. The van der Waals surface area contributed by atoms with Gasteiger partial charge in [-0.1, -0.05) is 12.1 Å². The van der Waals surface area contributed by atoms with Gasteiger partial charge in [0.1, 0.15) is 11.3 Å². The van der Waals surface area contributed by atoms with Crippen molar-refractivity contribution in [2.45, 2.75) is 13.3 Å². The van der Waals surface area contributed by atoms with Gasteiger partial charge in [-0.2, -0.15) is 0 Å². The Hall–Kier alpha value is -1.72. The van der Waals surface area contributed by atoms with E-state index < -0.39 is 23.6 Å². The van der Waals surface area contributed by atoms with Crippen LogP contribution in [0.5, 0.6) is 5.75 Å². The fourth-order valence-corrected chi connectivity index (χ4v) is 1.07. The molecule has 0 aliphatic rings. The maximum atomic E-state index is 11.9. The van der Waals surface area contributed by atoms with E-state index in [9.17, 15) is 18.0 Å². The summed E-state index contributed by atoms with van der Waals surface area (Å²) in [5, 5.41) is 8.64. The monoisotopic (exact) mass is 220 g/mol. The van der Waals surface area contributed by atoms with Crippen LogP contribution >= 0.6 is 0 Å². The zero-order valence-corrected chi connectivity index (χ0v) is 7.63. The number of aromatic carboxylic acids is 1. The van der Waals surface area contributed by atoms with Crippen LogP contribution in [0.3, 0.4) is 0 Å². The first-order chi connectivity index (χ1) is 6.81. The van der Waals surface area contributed by atoms with Crippen molar-refractivity contribution in [2.75, 3.05) is 0 Å². The molecule has 0 fully saturated rings. The number of para-hydroxylation sites is 1. The molecule has 0 atom stereocenters. The molecule has 0 aliphatic heterocycles. The molecule has 0 saturated heterocycles. The van der Waals surface area contributed by atoms with Crippen LogP contribution in [0.15, 0.2) is 18.2 Å². The number of benzene rings is 1. The molecule has 1 N–H and O–H groups in total. The van der Waals surface area contributed by atoms with Crippen molar-refractivity contribution in [3.63, 3.8) is 0 Å². The number of halogens is 3. The lowest BCUT2D eigenvalue weighted by Gasteiger charge is -2.13. The number of carboxylic acid groups (broad SMARTS) is 1. The van der Waals surface area contributed by atoms with Crippen LogP contribution in [-0.2, 0) is 0 Å². The number of hydrogen-bond acceptors (Lipinski definition) is 2. The fourth-order valence-electron chi connectivity index (χ4n) is 1.07. The SMILES string of the molecule is Cc1cccc(C(=O)O)c1OC(F)(F)F. The van der Waals surface area contributed by atoms with E-state index in [1.54, 1.807) is 0 Å². The van der Waals surface area contributed by atoms with Crippen LogP contribution < -0.4 is 4.74 Å². The van der Waals surface area contributed by atoms with Crippen LogP contribution in [-0.4, -0.2) is 17.4 Å². The topological polar surface area (TPSA) is 46.5 Å². The van der Waals surface area contributed by atoms with E-state index in [1.165, 1.54) is 19.1 Å². The zero-order chi connectivity index (χ0) is 11.6. The van der Waals surface area contributed by atoms with Crippen molar-refractivity contribution in [3.8, 4) is 5.75 Å². The molecule has 6 heteroatoms. The van der Waals surface area contributed by atoms with Crippen molar-refractivity contribution in [2.24, 2.45) is 0 Å². The number of aryl methyl sites for hydroxylation is 1. The maximum Gasteiger partial charge on any atom is 0.573 e. The summed E-state index contributed by atoms with van der Waals surface area (Å²) in [6.45, 7) is 1.34. The molecule has 0 aliphatic carbocycles. The fraction of sp³-hybridized carbons (Fsp3) is 0.222. The number of carbonyl (C=O) groups is 1. The van der Waals surface area contributed by atoms with Gasteiger partial charge in [0.15, 0.2) is 0 Å². The standard InChI is InChI=1S/C9H7F3O3/c1-5-3-2-4-6(8(13)14)7(5)15-9(10,11)12/h2-4H,1H3,(H,13,14). The second-order valence-corrected chi connectivity index (χ2v) is 2.80. The van der Waals surface area contributed by atoms with Crippen LogP contribution in [0.1, 0.15) is 15.9 Å². The molecule has 0 radical (unpaired) electrons. The summed E-state index contributed by atoms with van der Waals surface area (Å²) in [6.07, 6.45) is -4.89. The Labute approximate surface area is 83.1 Å². The normalized spacial score (nSPS) is 11.2. The van der Waals surface area contributed by atoms with Crippen LogP contribution in [0, 0.1) is 6.92 Å². The van der Waals surface area contributed by atoms with Gasteiger partial charge in [-0.3, -0.25) is 0 Å². The Bertz CT molecular complexity index is 385. The Balaban J connectivity index is 3.19. The number of ether oxygens (including phenoxy) is 1. The number of rotatable bonds is 2. The van der Waals surface area contributed by atoms with Crippen molar-refractivity contribution in [3.05, 3.63) is 29.3 Å². The van der Waals surface area contributed by atoms with Crippen LogP contribution in [0.2, 0.25) is 0 Å². The van der Waals surface area contributed by atoms with Crippen molar-refractivity contribution < 1.29 is 27.8 Å². The van der Waals surface area contributed by atoms with E-state index >= 15 is 0 Å². The largest absolute Gasteiger partial charge is 0.573 e. The predicted molar refractivity (Wildman–Crippen MR) is 44.8 cm³/mol. The first-order valence-corrected chi connectivity index (χ1v) is 3.90. The summed E-state index contributed by atoms with van der Waals surface area (Å²) in [6, 6.07) is 3.74. The Kier molecular flexibility index (Phi) is 2.88. The van der Waals surface area contributed by atoms with Gasteiger partial charge in [-0.25, -0.2) is 4.79 Å². The molecule has 0 amide bonds. The summed E-state index contributed by atoms with van der Waals surface area (Å²) in [4.78, 5) is 10.6. The summed E-state index contributed by atoms with van der Waals surface area (Å²) < 4.78 is 39.5. The molecule has 0 saturated carbocycles. The average Bonchev–Trinajstić information content (AvgIpc) is 2.05. The highest BCUT2D eigenvalue weighted by Gasteiger charge is 2.33. The molecule has 15 heavy (non-hydrogen) atoms. The average molecular weight is 220 g/mol. The Morgan fingerprint density at radius 3 is 2.47 bits per heavy atom. The van der Waals surface area contributed by atoms with Crippen molar-refractivity contribution >= 4 is 5.97 Å². The van der Waals surface area contributed by atoms with Gasteiger partial charge in [0, 0.05) is 0 Å². The van der Waals surface area contributed by atoms with Crippen LogP contribution in [0.4, 0.5) is 13.2 Å². The summed E-state index contributed by atoms with van der Waals surface area (Å²) in [7, 11) is 0. The van der Waals surface area contributed by atoms with E-state index in [0.29, 0.717) is 0 Å². The summed E-state index contributed by atoms with van der Waals surface area (Å²) >= 11 is 0. The van der Waals surface area contributed by atoms with Crippen molar-refractivity contribution in [1.82, 2.24) is 0 Å². The highest BCUT2D eigenvalue weighted by molar-refractivity contribution is 5.91. The predicted octanol–water partition coefficient (Wildman–Crippen LogP) is 2.59. The first kappa shape index (κ1) is 11.4. The minimum Gasteiger partial charge on any atom is -0.478 e. The van der Waals surface area contributed by atoms with Gasteiger partial charge in [-0.15, -0.1) is 13.2 Å². The van der Waals surface area contributed by atoms with Gasteiger partial charge in [0.2, 0.25) is 0 Å². The highest BCUT2D eigenvalue weighted by atomic mass is 19.4. The molecule has 1 aromatic carbocycles.